The summed E-state index contributed by atoms with van der Waals surface area (Å²) in [6.45, 7) is 16.4. The number of carbonyl (C=O) groups excluding carboxylic acids is 2. The Kier molecular flexibility index (Phi) is 5.06. The first-order chi connectivity index (χ1) is 17.2. The van der Waals surface area contributed by atoms with Gasteiger partial charge in [0.05, 0.1) is 18.7 Å². The number of allylic oxidation sites excluding steroid dienone is 2. The van der Waals surface area contributed by atoms with Gasteiger partial charge in [0, 0.05) is 16.9 Å². The monoisotopic (exact) mass is 507 g/mol. The van der Waals surface area contributed by atoms with Crippen molar-refractivity contribution in [1.29, 1.82) is 0 Å². The lowest BCUT2D eigenvalue weighted by Crippen LogP contribution is -2.66. The molecule has 0 radical (unpaired) electrons. The maximum absolute atomic E-state index is 14.5. The van der Waals surface area contributed by atoms with Crippen molar-refractivity contribution in [3.8, 4) is 0 Å². The second kappa shape index (κ2) is 7.39. The molecule has 37 heavy (non-hydrogen) atoms. The Morgan fingerprint density at radius 3 is 2.43 bits per heavy atom. The number of aromatic nitrogens is 1. The van der Waals surface area contributed by atoms with Crippen molar-refractivity contribution >= 4 is 11.8 Å². The van der Waals surface area contributed by atoms with Gasteiger partial charge in [-0.15, -0.1) is 0 Å². The molecule has 6 rings (SSSR count). The van der Waals surface area contributed by atoms with Crippen molar-refractivity contribution in [2.45, 2.75) is 105 Å². The molecule has 0 N–H and O–H groups in total. The summed E-state index contributed by atoms with van der Waals surface area (Å²) in [4.78, 5) is 27.4. The number of fused-ring (bicyclic) bond motifs is 8. The normalized spacial score (nSPS) is 47.9. The first kappa shape index (κ1) is 25.4. The zero-order valence-corrected chi connectivity index (χ0v) is 24.1. The molecule has 5 aliphatic rings. The van der Waals surface area contributed by atoms with E-state index in [-0.39, 0.29) is 44.9 Å². The first-order valence-corrected chi connectivity index (χ1v) is 14.4. The molecule has 3 saturated carbocycles. The van der Waals surface area contributed by atoms with Crippen molar-refractivity contribution in [3.63, 3.8) is 0 Å². The molecule has 0 unspecified atom stereocenters. The minimum Gasteiger partial charge on any atom is -0.469 e. The first-order valence-electron chi connectivity index (χ1n) is 14.4. The highest BCUT2D eigenvalue weighted by Gasteiger charge is 2.70. The lowest BCUT2D eigenvalue weighted by Gasteiger charge is -2.69. The van der Waals surface area contributed by atoms with Crippen molar-refractivity contribution in [2.75, 3.05) is 7.11 Å². The van der Waals surface area contributed by atoms with E-state index in [1.165, 1.54) is 18.2 Å². The number of esters is 1. The van der Waals surface area contributed by atoms with E-state index in [9.17, 15) is 9.59 Å². The molecule has 0 saturated heterocycles. The van der Waals surface area contributed by atoms with E-state index < -0.39 is 5.41 Å². The van der Waals surface area contributed by atoms with Crippen LogP contribution in [0.1, 0.15) is 105 Å². The Labute approximate surface area is 222 Å². The summed E-state index contributed by atoms with van der Waals surface area (Å²) < 4.78 is 11.1. The maximum Gasteiger partial charge on any atom is 0.311 e. The minimum absolute atomic E-state index is 0.0326. The largest absolute Gasteiger partial charge is 0.469 e. The fraction of sp³-hybridized carbons (Fsp3) is 0.781. The maximum atomic E-state index is 14.5. The zero-order valence-electron chi connectivity index (χ0n) is 24.1. The third-order valence-electron chi connectivity index (χ3n) is 13.2. The van der Waals surface area contributed by atoms with Crippen LogP contribution in [-0.4, -0.2) is 24.0 Å². The van der Waals surface area contributed by atoms with Gasteiger partial charge in [-0.1, -0.05) is 52.3 Å². The van der Waals surface area contributed by atoms with Gasteiger partial charge in [-0.2, -0.15) is 0 Å². The van der Waals surface area contributed by atoms with Gasteiger partial charge in [0.15, 0.2) is 5.78 Å². The zero-order chi connectivity index (χ0) is 26.8. The Hall–Kier alpha value is -1.91. The molecule has 202 valence electrons. The van der Waals surface area contributed by atoms with Crippen LogP contribution in [0.5, 0.6) is 0 Å². The number of nitrogens with zero attached hydrogens (tertiary/aromatic N) is 1. The molecule has 3 fully saturated rings. The third-order valence-corrected chi connectivity index (χ3v) is 13.2. The summed E-state index contributed by atoms with van der Waals surface area (Å²) in [5, 5.41) is 4.19. The second-order valence-electron chi connectivity index (χ2n) is 15.3. The predicted octanol–water partition coefficient (Wildman–Crippen LogP) is 6.84. The number of rotatable bonds is 1. The standard InChI is InChI=1S/C32H45NO4/c1-27(2)23-9-10-32(7)24(30(23,5)16-19-18-33-37-25(19)27)22(34)15-20-21-17-29(4,26(35)36-8)12-11-28(21,3)13-14-31(20,32)6/h15,18,21,23-24H,9-14,16-17H2,1-8H3/t21-,23-,24+,28-,29+,30-,31-,32-/m0/s1. The van der Waals surface area contributed by atoms with Crippen LogP contribution in [0.3, 0.4) is 0 Å². The summed E-state index contributed by atoms with van der Waals surface area (Å²) in [6, 6.07) is 0. The van der Waals surface area contributed by atoms with Gasteiger partial charge in [0.25, 0.3) is 0 Å². The van der Waals surface area contributed by atoms with E-state index in [0.717, 1.165) is 57.1 Å². The molecule has 0 aromatic carbocycles. The van der Waals surface area contributed by atoms with Gasteiger partial charge in [-0.3, -0.25) is 9.59 Å². The average Bonchev–Trinajstić information content (AvgIpc) is 3.29. The van der Waals surface area contributed by atoms with Crippen LogP contribution < -0.4 is 0 Å². The van der Waals surface area contributed by atoms with E-state index >= 15 is 0 Å². The number of methoxy groups -OCH3 is 1. The van der Waals surface area contributed by atoms with E-state index in [4.69, 9.17) is 9.26 Å². The Morgan fingerprint density at radius 2 is 1.73 bits per heavy atom. The Morgan fingerprint density at radius 1 is 1.03 bits per heavy atom. The summed E-state index contributed by atoms with van der Waals surface area (Å²) in [7, 11) is 1.51. The van der Waals surface area contributed by atoms with Gasteiger partial charge in [-0.05, 0) is 97.9 Å². The summed E-state index contributed by atoms with van der Waals surface area (Å²) in [6.07, 6.45) is 11.9. The second-order valence-corrected chi connectivity index (χ2v) is 15.3. The van der Waals surface area contributed by atoms with Crippen LogP contribution in [0.2, 0.25) is 0 Å². The van der Waals surface area contributed by atoms with Crippen molar-refractivity contribution < 1.29 is 18.8 Å². The van der Waals surface area contributed by atoms with Crippen molar-refractivity contribution in [2.24, 2.45) is 44.8 Å². The number of carbonyl (C=O) groups is 2. The van der Waals surface area contributed by atoms with Crippen LogP contribution in [0.15, 0.2) is 22.4 Å². The quantitative estimate of drug-likeness (QED) is 0.389. The molecule has 1 heterocycles. The molecule has 1 aromatic heterocycles. The van der Waals surface area contributed by atoms with Crippen molar-refractivity contribution in [1.82, 2.24) is 5.16 Å². The summed E-state index contributed by atoms with van der Waals surface area (Å²) >= 11 is 0. The minimum atomic E-state index is -0.486. The Balaban J connectivity index is 1.47. The van der Waals surface area contributed by atoms with Gasteiger partial charge in [0.1, 0.15) is 5.76 Å². The lowest BCUT2D eigenvalue weighted by atomic mass is 9.33. The van der Waals surface area contributed by atoms with E-state index in [2.05, 4.69) is 59.7 Å². The van der Waals surface area contributed by atoms with E-state index in [1.54, 1.807) is 0 Å². The molecule has 5 heteroatoms. The van der Waals surface area contributed by atoms with Crippen LogP contribution in [-0.2, 0) is 26.2 Å². The molecular weight excluding hydrogens is 462 g/mol. The number of ether oxygens (including phenoxy) is 1. The molecule has 0 aliphatic heterocycles. The highest BCUT2D eigenvalue weighted by atomic mass is 16.5. The Bertz CT molecular complexity index is 1210. The van der Waals surface area contributed by atoms with Crippen LogP contribution in [0.4, 0.5) is 0 Å². The van der Waals surface area contributed by atoms with Gasteiger partial charge < -0.3 is 9.26 Å². The van der Waals surface area contributed by atoms with Crippen molar-refractivity contribution in [3.05, 3.63) is 29.2 Å². The lowest BCUT2D eigenvalue weighted by molar-refractivity contribution is -0.175. The van der Waals surface area contributed by atoms with Crippen LogP contribution >= 0.6 is 0 Å². The van der Waals surface area contributed by atoms with Crippen LogP contribution in [0.25, 0.3) is 0 Å². The molecule has 5 aliphatic carbocycles. The molecule has 0 spiro atoms. The molecule has 0 bridgehead atoms. The molecule has 1 aromatic rings. The highest BCUT2D eigenvalue weighted by Crippen LogP contribution is 2.74. The number of hydrogen-bond acceptors (Lipinski definition) is 5. The van der Waals surface area contributed by atoms with Gasteiger partial charge >= 0.3 is 5.97 Å². The fourth-order valence-corrected chi connectivity index (χ4v) is 10.9. The number of ketones is 1. The topological polar surface area (TPSA) is 69.4 Å². The molecule has 5 nitrogen and oxygen atoms in total. The third kappa shape index (κ3) is 2.95. The van der Waals surface area contributed by atoms with Crippen LogP contribution in [0, 0.1) is 44.8 Å². The number of hydrogen-bond donors (Lipinski definition) is 0. The van der Waals surface area contributed by atoms with Gasteiger partial charge in [0.2, 0.25) is 0 Å². The summed E-state index contributed by atoms with van der Waals surface area (Å²) in [5.74, 6) is 1.80. The molecule has 0 amide bonds. The predicted molar refractivity (Wildman–Crippen MR) is 142 cm³/mol. The summed E-state index contributed by atoms with van der Waals surface area (Å²) in [5.41, 5.74) is 1.68. The highest BCUT2D eigenvalue weighted by molar-refractivity contribution is 5.96. The molecular formula is C32H45NO4. The van der Waals surface area contributed by atoms with E-state index in [0.29, 0.717) is 11.7 Å². The molecule has 8 atom stereocenters. The van der Waals surface area contributed by atoms with E-state index in [1.807, 2.05) is 6.20 Å². The average molecular weight is 508 g/mol. The SMILES string of the molecule is COC(=O)[C@]1(C)CC[C@@]2(C)CC[C@@]3(C)C(=CC(=O)[C@@H]4[C@@]5(C)Cc6cnoc6C(C)(C)[C@@H]5CC[C@@]43C)[C@@H]2C1. The fourth-order valence-electron chi connectivity index (χ4n) is 10.9. The smallest absolute Gasteiger partial charge is 0.311 e. The van der Waals surface area contributed by atoms with Gasteiger partial charge in [-0.25, -0.2) is 0 Å².